The quantitative estimate of drug-likeness (QED) is 0.360. The molecule has 0 unspecified atom stereocenters. The molecule has 0 heterocycles. The lowest BCUT2D eigenvalue weighted by atomic mass is 10.3. The lowest BCUT2D eigenvalue weighted by molar-refractivity contribution is -0.119. The highest BCUT2D eigenvalue weighted by molar-refractivity contribution is 7.80. The molecular weight excluding hydrogens is 248 g/mol. The zero-order valence-corrected chi connectivity index (χ0v) is 10.7. The maximum atomic E-state index is 11.5. The Bertz CT molecular complexity index is 408. The van der Waals surface area contributed by atoms with Gasteiger partial charge in [-0.3, -0.25) is 15.6 Å². The van der Waals surface area contributed by atoms with Gasteiger partial charge in [0.25, 0.3) is 5.91 Å². The van der Waals surface area contributed by atoms with Crippen LogP contribution in [0.3, 0.4) is 0 Å². The molecule has 4 N–H and O–H groups in total. The summed E-state index contributed by atoms with van der Waals surface area (Å²) < 4.78 is 0. The van der Waals surface area contributed by atoms with Gasteiger partial charge in [-0.2, -0.15) is 0 Å². The van der Waals surface area contributed by atoms with E-state index in [4.69, 9.17) is 12.2 Å². The first-order valence-electron chi connectivity index (χ1n) is 5.45. The highest BCUT2D eigenvalue weighted by Gasteiger charge is 2.00. The summed E-state index contributed by atoms with van der Waals surface area (Å²) in [5.41, 5.74) is 5.95. The lowest BCUT2D eigenvalue weighted by Gasteiger charge is -2.11. The number of nitrogens with one attached hydrogen (secondary N) is 4. The van der Waals surface area contributed by atoms with E-state index in [0.717, 1.165) is 5.69 Å². The third kappa shape index (κ3) is 5.86. The summed E-state index contributed by atoms with van der Waals surface area (Å²) in [5.74, 6) is -0.207. The molecule has 0 fully saturated rings. The molecule has 6 heteroatoms. The number of carbonyl (C=O) groups is 1. The molecule has 0 aliphatic heterocycles. The summed E-state index contributed by atoms with van der Waals surface area (Å²) in [4.78, 5) is 11.5. The van der Waals surface area contributed by atoms with Crippen LogP contribution in [0.25, 0.3) is 0 Å². The van der Waals surface area contributed by atoms with Crippen LogP contribution in [0.2, 0.25) is 0 Å². The van der Waals surface area contributed by atoms with Crippen LogP contribution in [0.4, 0.5) is 5.69 Å². The number of benzene rings is 1. The van der Waals surface area contributed by atoms with Gasteiger partial charge in [0.05, 0.1) is 6.54 Å². The number of hydrogen-bond donors (Lipinski definition) is 4. The van der Waals surface area contributed by atoms with E-state index in [1.165, 1.54) is 0 Å². The Hall–Kier alpha value is -2.08. The van der Waals surface area contributed by atoms with Crippen LogP contribution in [0.1, 0.15) is 0 Å². The van der Waals surface area contributed by atoms with Gasteiger partial charge in [-0.15, -0.1) is 6.58 Å². The van der Waals surface area contributed by atoms with Crippen LogP contribution in [0.15, 0.2) is 43.0 Å². The second-order valence-electron chi connectivity index (χ2n) is 3.39. The molecule has 18 heavy (non-hydrogen) atoms. The molecule has 1 rings (SSSR count). The van der Waals surface area contributed by atoms with Gasteiger partial charge in [0.15, 0.2) is 5.11 Å². The number of anilines is 1. The molecule has 0 bridgehead atoms. The third-order valence-corrected chi connectivity index (χ3v) is 2.20. The molecule has 0 saturated carbocycles. The molecule has 0 aliphatic rings. The normalized spacial score (nSPS) is 9.11. The van der Waals surface area contributed by atoms with Crippen molar-refractivity contribution in [3.8, 4) is 0 Å². The molecule has 96 valence electrons. The maximum Gasteiger partial charge on any atom is 0.257 e. The predicted molar refractivity (Wildman–Crippen MR) is 77.0 cm³/mol. The van der Waals surface area contributed by atoms with Crippen molar-refractivity contribution >= 4 is 28.9 Å². The molecule has 0 atom stereocenters. The fourth-order valence-corrected chi connectivity index (χ4v) is 1.25. The summed E-state index contributed by atoms with van der Waals surface area (Å²) >= 11 is 4.91. The van der Waals surface area contributed by atoms with Crippen LogP contribution in [0, 0.1) is 0 Å². The molecule has 1 amide bonds. The van der Waals surface area contributed by atoms with Gasteiger partial charge in [0.2, 0.25) is 0 Å². The average Bonchev–Trinajstić information content (AvgIpc) is 2.41. The number of para-hydroxylation sites is 1. The summed E-state index contributed by atoms with van der Waals surface area (Å²) in [7, 11) is 0. The van der Waals surface area contributed by atoms with Crippen molar-refractivity contribution in [2.45, 2.75) is 0 Å². The van der Waals surface area contributed by atoms with E-state index in [9.17, 15) is 4.79 Å². The zero-order valence-electron chi connectivity index (χ0n) is 9.90. The van der Waals surface area contributed by atoms with Gasteiger partial charge >= 0.3 is 0 Å². The summed E-state index contributed by atoms with van der Waals surface area (Å²) in [6.45, 7) is 4.26. The zero-order chi connectivity index (χ0) is 13.2. The van der Waals surface area contributed by atoms with Gasteiger partial charge in [-0.05, 0) is 24.4 Å². The maximum absolute atomic E-state index is 11.5. The fourth-order valence-electron chi connectivity index (χ4n) is 1.12. The number of thiocarbonyl (C=S) groups is 1. The van der Waals surface area contributed by atoms with Gasteiger partial charge < -0.3 is 10.6 Å². The minimum atomic E-state index is -0.207. The van der Waals surface area contributed by atoms with Crippen molar-refractivity contribution in [3.05, 3.63) is 43.0 Å². The summed E-state index contributed by atoms with van der Waals surface area (Å²) in [5, 5.41) is 6.16. The Balaban J connectivity index is 2.18. The molecule has 0 aliphatic carbocycles. The fraction of sp³-hybridized carbons (Fsp3) is 0.167. The standard InChI is InChI=1S/C12H16N4OS/c1-2-8-13-12(18)16-15-11(17)9-14-10-6-4-3-5-7-10/h2-7,14H,1,8-9H2,(H,15,17)(H2,13,16,18). The van der Waals surface area contributed by atoms with Crippen LogP contribution < -0.4 is 21.5 Å². The van der Waals surface area contributed by atoms with E-state index < -0.39 is 0 Å². The van der Waals surface area contributed by atoms with Gasteiger partial charge in [0, 0.05) is 12.2 Å². The van der Waals surface area contributed by atoms with E-state index in [0.29, 0.717) is 11.7 Å². The Morgan fingerprint density at radius 1 is 1.28 bits per heavy atom. The van der Waals surface area contributed by atoms with E-state index in [1.807, 2.05) is 30.3 Å². The highest BCUT2D eigenvalue weighted by atomic mass is 32.1. The molecule has 5 nitrogen and oxygen atoms in total. The molecule has 1 aromatic rings. The molecule has 1 aromatic carbocycles. The van der Waals surface area contributed by atoms with Crippen molar-refractivity contribution in [1.29, 1.82) is 0 Å². The number of rotatable bonds is 5. The third-order valence-electron chi connectivity index (χ3n) is 1.95. The largest absolute Gasteiger partial charge is 0.376 e. The van der Waals surface area contributed by atoms with Crippen LogP contribution >= 0.6 is 12.2 Å². The molecule has 0 radical (unpaired) electrons. The first-order chi connectivity index (χ1) is 8.72. The van der Waals surface area contributed by atoms with Crippen molar-refractivity contribution in [2.75, 3.05) is 18.4 Å². The van der Waals surface area contributed by atoms with Crippen molar-refractivity contribution in [1.82, 2.24) is 16.2 Å². The highest BCUT2D eigenvalue weighted by Crippen LogP contribution is 2.03. The second kappa shape index (κ2) is 8.08. The monoisotopic (exact) mass is 264 g/mol. The van der Waals surface area contributed by atoms with E-state index in [2.05, 4.69) is 28.1 Å². The Kier molecular flexibility index (Phi) is 6.27. The lowest BCUT2D eigenvalue weighted by Crippen LogP contribution is -2.48. The number of carbonyl (C=O) groups excluding carboxylic acids is 1. The number of hydrazine groups is 1. The van der Waals surface area contributed by atoms with Gasteiger partial charge in [0.1, 0.15) is 0 Å². The Labute approximate surface area is 112 Å². The predicted octanol–water partition coefficient (Wildman–Crippen LogP) is 0.780. The Morgan fingerprint density at radius 2 is 2.00 bits per heavy atom. The second-order valence-corrected chi connectivity index (χ2v) is 3.80. The van der Waals surface area contributed by atoms with Gasteiger partial charge in [-0.25, -0.2) is 0 Å². The average molecular weight is 264 g/mol. The van der Waals surface area contributed by atoms with Crippen molar-refractivity contribution in [2.24, 2.45) is 0 Å². The summed E-state index contributed by atoms with van der Waals surface area (Å²) in [6.07, 6.45) is 1.67. The van der Waals surface area contributed by atoms with Crippen molar-refractivity contribution < 1.29 is 4.79 Å². The van der Waals surface area contributed by atoms with E-state index >= 15 is 0 Å². The molecule has 0 saturated heterocycles. The van der Waals surface area contributed by atoms with Crippen molar-refractivity contribution in [3.63, 3.8) is 0 Å². The number of hydrogen-bond acceptors (Lipinski definition) is 3. The first kappa shape index (κ1) is 14.0. The SMILES string of the molecule is C=CCNC(=S)NNC(=O)CNc1ccccc1. The topological polar surface area (TPSA) is 65.2 Å². The van der Waals surface area contributed by atoms with Crippen LogP contribution in [-0.2, 0) is 4.79 Å². The van der Waals surface area contributed by atoms with Gasteiger partial charge in [-0.1, -0.05) is 24.3 Å². The number of amides is 1. The molecular formula is C12H16N4OS. The summed E-state index contributed by atoms with van der Waals surface area (Å²) in [6, 6.07) is 9.48. The first-order valence-corrected chi connectivity index (χ1v) is 5.85. The van der Waals surface area contributed by atoms with Crippen LogP contribution in [0.5, 0.6) is 0 Å². The minimum absolute atomic E-state index is 0.168. The molecule has 0 spiro atoms. The van der Waals surface area contributed by atoms with E-state index in [-0.39, 0.29) is 12.5 Å². The smallest absolute Gasteiger partial charge is 0.257 e. The van der Waals surface area contributed by atoms with Crippen LogP contribution in [-0.4, -0.2) is 24.1 Å². The Morgan fingerprint density at radius 3 is 2.67 bits per heavy atom. The van der Waals surface area contributed by atoms with E-state index in [1.54, 1.807) is 6.08 Å². The molecule has 0 aromatic heterocycles. The minimum Gasteiger partial charge on any atom is -0.376 e.